The molecule has 0 fully saturated rings. The van der Waals surface area contributed by atoms with Gasteiger partial charge in [0.2, 0.25) is 0 Å². The van der Waals surface area contributed by atoms with E-state index in [1.165, 1.54) is 0 Å². The van der Waals surface area contributed by atoms with Crippen molar-refractivity contribution in [2.24, 2.45) is 5.92 Å². The summed E-state index contributed by atoms with van der Waals surface area (Å²) in [4.78, 5) is 0. The second-order valence-electron chi connectivity index (χ2n) is 4.28. The molecule has 4 nitrogen and oxygen atoms in total. The van der Waals surface area contributed by atoms with Crippen LogP contribution in [0, 0.1) is 19.8 Å². The maximum absolute atomic E-state index is 5.87. The normalized spacial score (nSPS) is 13.5. The van der Waals surface area contributed by atoms with Gasteiger partial charge in [0.1, 0.15) is 0 Å². The van der Waals surface area contributed by atoms with Crippen molar-refractivity contribution in [3.05, 3.63) is 11.4 Å². The first-order chi connectivity index (χ1) is 6.97. The summed E-state index contributed by atoms with van der Waals surface area (Å²) >= 11 is 0. The molecule has 2 N–H and O–H groups in total. The molecule has 0 aliphatic rings. The van der Waals surface area contributed by atoms with E-state index < -0.39 is 0 Å². The monoisotopic (exact) mass is 211 g/mol. The lowest BCUT2D eigenvalue weighted by atomic mass is 10.1. The minimum atomic E-state index is 0.183. The van der Waals surface area contributed by atoms with E-state index in [0.717, 1.165) is 23.6 Å². The fourth-order valence-electron chi connectivity index (χ4n) is 1.62. The second kappa shape index (κ2) is 4.66. The summed E-state index contributed by atoms with van der Waals surface area (Å²) in [6.07, 6.45) is 0.183. The molecule has 1 aromatic rings. The highest BCUT2D eigenvalue weighted by Gasteiger charge is 2.16. The van der Waals surface area contributed by atoms with E-state index in [2.05, 4.69) is 18.9 Å². The highest BCUT2D eigenvalue weighted by molar-refractivity contribution is 5.46. The number of rotatable bonds is 4. The first-order valence-electron chi connectivity index (χ1n) is 5.29. The zero-order valence-corrected chi connectivity index (χ0v) is 10.2. The number of ether oxygens (including phenoxy) is 1. The molecule has 0 aliphatic carbocycles. The summed E-state index contributed by atoms with van der Waals surface area (Å²) in [6.45, 7) is 8.96. The lowest BCUT2D eigenvalue weighted by Gasteiger charge is -2.19. The molecule has 1 heterocycles. The zero-order chi connectivity index (χ0) is 11.6. The molecular formula is C11H21N3O. The van der Waals surface area contributed by atoms with Gasteiger partial charge in [-0.25, -0.2) is 0 Å². The van der Waals surface area contributed by atoms with Crippen LogP contribution in [0.2, 0.25) is 0 Å². The lowest BCUT2D eigenvalue weighted by Crippen LogP contribution is -2.25. The van der Waals surface area contributed by atoms with Crippen LogP contribution >= 0.6 is 0 Å². The fraction of sp³-hybridized carbons (Fsp3) is 0.727. The topological polar surface area (TPSA) is 53.1 Å². The maximum atomic E-state index is 5.87. The van der Waals surface area contributed by atoms with Crippen molar-refractivity contribution in [3.63, 3.8) is 0 Å². The Morgan fingerprint density at radius 3 is 2.33 bits per heavy atom. The number of hydrogen-bond acceptors (Lipinski definition) is 3. The van der Waals surface area contributed by atoms with Crippen LogP contribution in [0.4, 0.5) is 5.69 Å². The summed E-state index contributed by atoms with van der Waals surface area (Å²) in [7, 11) is 1.74. The Bertz CT molecular complexity index is 331. The van der Waals surface area contributed by atoms with Crippen molar-refractivity contribution >= 4 is 5.69 Å². The number of anilines is 1. The third kappa shape index (κ3) is 2.50. The van der Waals surface area contributed by atoms with Gasteiger partial charge in [-0.05, 0) is 19.8 Å². The Kier molecular flexibility index (Phi) is 3.74. The Hall–Kier alpha value is -1.03. The molecule has 1 rings (SSSR count). The standard InChI is InChI=1S/C11H21N3O/c1-7(2)10(15-5)6-14-9(4)11(12)8(3)13-14/h7,10H,6,12H2,1-5H3. The van der Waals surface area contributed by atoms with Gasteiger partial charge in [0.25, 0.3) is 0 Å². The molecule has 0 aromatic carbocycles. The molecule has 0 spiro atoms. The minimum Gasteiger partial charge on any atom is -0.396 e. The van der Waals surface area contributed by atoms with Crippen LogP contribution in [0.3, 0.4) is 0 Å². The van der Waals surface area contributed by atoms with Crippen LogP contribution in [0.5, 0.6) is 0 Å². The molecule has 0 bridgehead atoms. The predicted octanol–water partition coefficient (Wildman–Crippen LogP) is 1.75. The molecule has 0 radical (unpaired) electrons. The molecule has 1 unspecified atom stereocenters. The first-order valence-corrected chi connectivity index (χ1v) is 5.29. The van der Waals surface area contributed by atoms with E-state index in [4.69, 9.17) is 10.5 Å². The van der Waals surface area contributed by atoms with E-state index in [1.807, 2.05) is 18.5 Å². The van der Waals surface area contributed by atoms with Gasteiger partial charge in [0.05, 0.1) is 29.7 Å². The molecule has 1 atom stereocenters. The Balaban J connectivity index is 2.84. The minimum absolute atomic E-state index is 0.183. The molecule has 15 heavy (non-hydrogen) atoms. The third-order valence-corrected chi connectivity index (χ3v) is 2.84. The van der Waals surface area contributed by atoms with Gasteiger partial charge in [0, 0.05) is 7.11 Å². The van der Waals surface area contributed by atoms with Gasteiger partial charge in [-0.3, -0.25) is 4.68 Å². The van der Waals surface area contributed by atoms with Gasteiger partial charge in [0.15, 0.2) is 0 Å². The van der Waals surface area contributed by atoms with Gasteiger partial charge < -0.3 is 10.5 Å². The van der Waals surface area contributed by atoms with Gasteiger partial charge in [-0.2, -0.15) is 5.10 Å². The van der Waals surface area contributed by atoms with Crippen molar-refractivity contribution in [1.29, 1.82) is 0 Å². The summed E-state index contributed by atoms with van der Waals surface area (Å²) in [5.74, 6) is 0.472. The molecule has 0 aliphatic heterocycles. The quantitative estimate of drug-likeness (QED) is 0.825. The summed E-state index contributed by atoms with van der Waals surface area (Å²) in [6, 6.07) is 0. The van der Waals surface area contributed by atoms with Crippen molar-refractivity contribution in [2.75, 3.05) is 12.8 Å². The Morgan fingerprint density at radius 1 is 1.40 bits per heavy atom. The van der Waals surface area contributed by atoms with Crippen LogP contribution in [0.1, 0.15) is 25.2 Å². The Labute approximate surface area is 91.4 Å². The van der Waals surface area contributed by atoms with Crippen molar-refractivity contribution in [1.82, 2.24) is 9.78 Å². The van der Waals surface area contributed by atoms with Crippen LogP contribution < -0.4 is 5.73 Å². The van der Waals surface area contributed by atoms with Gasteiger partial charge >= 0.3 is 0 Å². The smallest absolute Gasteiger partial charge is 0.0825 e. The number of aromatic nitrogens is 2. The maximum Gasteiger partial charge on any atom is 0.0825 e. The number of methoxy groups -OCH3 is 1. The average Bonchev–Trinajstić information content (AvgIpc) is 2.42. The van der Waals surface area contributed by atoms with Crippen LogP contribution in [0.25, 0.3) is 0 Å². The number of nitrogens with two attached hydrogens (primary N) is 1. The number of nitrogen functional groups attached to an aromatic ring is 1. The van der Waals surface area contributed by atoms with Crippen molar-refractivity contribution < 1.29 is 4.74 Å². The number of hydrogen-bond donors (Lipinski definition) is 1. The average molecular weight is 211 g/mol. The van der Waals surface area contributed by atoms with E-state index in [-0.39, 0.29) is 6.10 Å². The Morgan fingerprint density at radius 2 is 2.00 bits per heavy atom. The number of nitrogens with zero attached hydrogens (tertiary/aromatic N) is 2. The van der Waals surface area contributed by atoms with E-state index in [1.54, 1.807) is 7.11 Å². The summed E-state index contributed by atoms with van der Waals surface area (Å²) in [5, 5.41) is 4.39. The molecule has 4 heteroatoms. The second-order valence-corrected chi connectivity index (χ2v) is 4.28. The molecule has 0 saturated heterocycles. The largest absolute Gasteiger partial charge is 0.396 e. The van der Waals surface area contributed by atoms with Crippen molar-refractivity contribution in [3.8, 4) is 0 Å². The van der Waals surface area contributed by atoms with E-state index in [9.17, 15) is 0 Å². The molecular weight excluding hydrogens is 190 g/mol. The summed E-state index contributed by atoms with van der Waals surface area (Å²) < 4.78 is 7.35. The van der Waals surface area contributed by atoms with E-state index in [0.29, 0.717) is 5.92 Å². The van der Waals surface area contributed by atoms with E-state index >= 15 is 0 Å². The number of aryl methyl sites for hydroxylation is 1. The first kappa shape index (κ1) is 12.0. The zero-order valence-electron chi connectivity index (χ0n) is 10.2. The van der Waals surface area contributed by atoms with Crippen LogP contribution in [-0.2, 0) is 11.3 Å². The molecule has 0 saturated carbocycles. The lowest BCUT2D eigenvalue weighted by molar-refractivity contribution is 0.0478. The SMILES string of the molecule is COC(Cn1nc(C)c(N)c1C)C(C)C. The van der Waals surface area contributed by atoms with Crippen LogP contribution in [0.15, 0.2) is 0 Å². The van der Waals surface area contributed by atoms with Gasteiger partial charge in [-0.1, -0.05) is 13.8 Å². The highest BCUT2D eigenvalue weighted by Crippen LogP contribution is 2.17. The predicted molar refractivity (Wildman–Crippen MR) is 61.7 cm³/mol. The summed E-state index contributed by atoms with van der Waals surface area (Å²) in [5.41, 5.74) is 8.58. The highest BCUT2D eigenvalue weighted by atomic mass is 16.5. The molecule has 1 aromatic heterocycles. The molecule has 0 amide bonds. The fourth-order valence-corrected chi connectivity index (χ4v) is 1.62. The van der Waals surface area contributed by atoms with Crippen molar-refractivity contribution in [2.45, 2.75) is 40.3 Å². The third-order valence-electron chi connectivity index (χ3n) is 2.84. The van der Waals surface area contributed by atoms with Gasteiger partial charge in [-0.15, -0.1) is 0 Å². The van der Waals surface area contributed by atoms with Crippen LogP contribution in [-0.4, -0.2) is 23.0 Å². The molecule has 86 valence electrons.